The Balaban J connectivity index is 1.62. The van der Waals surface area contributed by atoms with Gasteiger partial charge in [-0.1, -0.05) is 30.3 Å². The van der Waals surface area contributed by atoms with E-state index in [4.69, 9.17) is 9.40 Å². The molecule has 1 aliphatic heterocycles. The molecule has 130 valence electrons. The van der Waals surface area contributed by atoms with E-state index in [2.05, 4.69) is 41.1 Å². The third-order valence-electron chi connectivity index (χ3n) is 5.26. The highest BCUT2D eigenvalue weighted by Gasteiger charge is 2.24. The zero-order valence-electron chi connectivity index (χ0n) is 14.5. The first-order valence-electron chi connectivity index (χ1n) is 8.96. The van der Waals surface area contributed by atoms with Gasteiger partial charge in [0, 0.05) is 17.1 Å². The average Bonchev–Trinajstić information content (AvgIpc) is 3.04. The van der Waals surface area contributed by atoms with Gasteiger partial charge in [-0.3, -0.25) is 4.79 Å². The molecule has 4 aromatic rings. The number of aromatic amines is 1. The molecule has 0 fully saturated rings. The number of nitrogens with one attached hydrogen (secondary N) is 1. The fraction of sp³-hybridized carbons (Fsp3) is 0.238. The Bertz CT molecular complexity index is 1170. The topological polar surface area (TPSA) is 62.1 Å². The second-order valence-corrected chi connectivity index (χ2v) is 6.93. The molecular weight excluding hydrogens is 326 g/mol. The predicted octanol–water partition coefficient (Wildman–Crippen LogP) is 4.01. The smallest absolute Gasteiger partial charge is 0.294 e. The first-order valence-corrected chi connectivity index (χ1v) is 8.96. The summed E-state index contributed by atoms with van der Waals surface area (Å²) in [4.78, 5) is 22.5. The number of hydrogen-bond donors (Lipinski definition) is 1. The Morgan fingerprint density at radius 1 is 1.19 bits per heavy atom. The molecule has 5 nitrogen and oxygen atoms in total. The Hall–Kier alpha value is -3.08. The van der Waals surface area contributed by atoms with Crippen LogP contribution in [0.1, 0.15) is 24.7 Å². The van der Waals surface area contributed by atoms with Crippen LogP contribution in [0.15, 0.2) is 57.7 Å². The van der Waals surface area contributed by atoms with Crippen LogP contribution in [-0.4, -0.2) is 16.0 Å². The van der Waals surface area contributed by atoms with Crippen molar-refractivity contribution in [3.8, 4) is 0 Å². The van der Waals surface area contributed by atoms with Crippen LogP contribution in [0.3, 0.4) is 0 Å². The summed E-state index contributed by atoms with van der Waals surface area (Å²) in [6.07, 6.45) is 2.18. The van der Waals surface area contributed by atoms with E-state index in [-0.39, 0.29) is 5.56 Å². The third kappa shape index (κ3) is 2.31. The molecule has 2 aromatic heterocycles. The van der Waals surface area contributed by atoms with Gasteiger partial charge in [-0.05, 0) is 43.5 Å². The number of aromatic nitrogens is 2. The summed E-state index contributed by atoms with van der Waals surface area (Å²) < 4.78 is 5.69. The van der Waals surface area contributed by atoms with E-state index in [1.54, 1.807) is 0 Å². The van der Waals surface area contributed by atoms with Crippen LogP contribution in [0, 0.1) is 0 Å². The standard InChI is InChI=1S/C21H19N3O2/c1-13-10-11-14-6-2-4-8-16(14)24(13)12-18-22-19-15-7-3-5-9-17(15)26-20(19)21(25)23-18/h2-9,13H,10-12H2,1H3,(H,22,23,25)/t13-/m0/s1. The summed E-state index contributed by atoms with van der Waals surface area (Å²) in [7, 11) is 0. The highest BCUT2D eigenvalue weighted by atomic mass is 16.3. The minimum Gasteiger partial charge on any atom is -0.449 e. The van der Waals surface area contributed by atoms with Crippen molar-refractivity contribution in [3.63, 3.8) is 0 Å². The van der Waals surface area contributed by atoms with Crippen molar-refractivity contribution in [2.24, 2.45) is 0 Å². The van der Waals surface area contributed by atoms with Gasteiger partial charge in [-0.15, -0.1) is 0 Å². The molecule has 1 atom stereocenters. The molecule has 0 unspecified atom stereocenters. The number of hydrogen-bond acceptors (Lipinski definition) is 4. The molecule has 0 spiro atoms. The van der Waals surface area contributed by atoms with Crippen LogP contribution in [0.4, 0.5) is 5.69 Å². The van der Waals surface area contributed by atoms with E-state index in [0.717, 1.165) is 18.2 Å². The number of rotatable bonds is 2. The lowest BCUT2D eigenvalue weighted by Gasteiger charge is -2.36. The summed E-state index contributed by atoms with van der Waals surface area (Å²) in [5.41, 5.74) is 3.97. The normalized spacial score (nSPS) is 17.0. The van der Waals surface area contributed by atoms with Gasteiger partial charge >= 0.3 is 0 Å². The van der Waals surface area contributed by atoms with Gasteiger partial charge < -0.3 is 14.3 Å². The molecule has 0 saturated carbocycles. The van der Waals surface area contributed by atoms with Crippen LogP contribution in [0.5, 0.6) is 0 Å². The maximum atomic E-state index is 12.5. The predicted molar refractivity (Wildman–Crippen MR) is 103 cm³/mol. The first-order chi connectivity index (χ1) is 12.7. The van der Waals surface area contributed by atoms with Crippen molar-refractivity contribution in [1.29, 1.82) is 0 Å². The van der Waals surface area contributed by atoms with Crippen LogP contribution >= 0.6 is 0 Å². The number of fused-ring (bicyclic) bond motifs is 4. The lowest BCUT2D eigenvalue weighted by Crippen LogP contribution is -2.37. The maximum Gasteiger partial charge on any atom is 0.294 e. The highest BCUT2D eigenvalue weighted by molar-refractivity contribution is 6.01. The van der Waals surface area contributed by atoms with Crippen molar-refractivity contribution in [3.05, 3.63) is 70.3 Å². The minimum atomic E-state index is -0.223. The van der Waals surface area contributed by atoms with E-state index in [9.17, 15) is 4.79 Å². The number of benzene rings is 2. The minimum absolute atomic E-state index is 0.223. The SMILES string of the molecule is C[C@H]1CCc2ccccc2N1Cc1nc2c(oc3ccccc32)c(=O)[nH]1. The van der Waals surface area contributed by atoms with Crippen LogP contribution in [0.25, 0.3) is 22.1 Å². The van der Waals surface area contributed by atoms with Crippen LogP contribution < -0.4 is 10.5 Å². The van der Waals surface area contributed by atoms with Gasteiger partial charge in [0.25, 0.3) is 5.56 Å². The monoisotopic (exact) mass is 345 g/mol. The molecule has 0 radical (unpaired) electrons. The Labute approximate surface area is 150 Å². The second-order valence-electron chi connectivity index (χ2n) is 6.93. The van der Waals surface area contributed by atoms with E-state index in [1.807, 2.05) is 24.3 Å². The first kappa shape index (κ1) is 15.2. The third-order valence-corrected chi connectivity index (χ3v) is 5.26. The van der Waals surface area contributed by atoms with E-state index in [0.29, 0.717) is 35.1 Å². The molecule has 0 saturated heterocycles. The molecule has 5 rings (SSSR count). The molecule has 0 aliphatic carbocycles. The Kier molecular flexibility index (Phi) is 3.35. The molecule has 26 heavy (non-hydrogen) atoms. The number of H-pyrrole nitrogens is 1. The van der Waals surface area contributed by atoms with E-state index in [1.165, 1.54) is 11.3 Å². The maximum absolute atomic E-state index is 12.5. The second kappa shape index (κ2) is 5.73. The number of aryl methyl sites for hydroxylation is 1. The van der Waals surface area contributed by atoms with Gasteiger partial charge in [0.2, 0.25) is 5.58 Å². The molecule has 0 amide bonds. The Morgan fingerprint density at radius 3 is 2.92 bits per heavy atom. The zero-order valence-corrected chi connectivity index (χ0v) is 14.5. The van der Waals surface area contributed by atoms with E-state index >= 15 is 0 Å². The number of nitrogens with zero attached hydrogens (tertiary/aromatic N) is 2. The van der Waals surface area contributed by atoms with Gasteiger partial charge in [0.05, 0.1) is 6.54 Å². The van der Waals surface area contributed by atoms with Gasteiger partial charge in [0.15, 0.2) is 0 Å². The molecule has 2 aromatic carbocycles. The molecule has 5 heteroatoms. The summed E-state index contributed by atoms with van der Waals surface area (Å²) in [5, 5.41) is 0.877. The van der Waals surface area contributed by atoms with Crippen LogP contribution in [-0.2, 0) is 13.0 Å². The number of para-hydroxylation sites is 2. The lowest BCUT2D eigenvalue weighted by molar-refractivity contribution is 0.551. The molecular formula is C21H19N3O2. The van der Waals surface area contributed by atoms with Gasteiger partial charge in [0.1, 0.15) is 16.9 Å². The van der Waals surface area contributed by atoms with Crippen molar-refractivity contribution >= 4 is 27.8 Å². The quantitative estimate of drug-likeness (QED) is 0.596. The summed E-state index contributed by atoms with van der Waals surface area (Å²) >= 11 is 0. The molecule has 1 aliphatic rings. The fourth-order valence-corrected chi connectivity index (χ4v) is 3.88. The average molecular weight is 345 g/mol. The molecule has 3 heterocycles. The number of furan rings is 1. The highest BCUT2D eigenvalue weighted by Crippen LogP contribution is 2.31. The lowest BCUT2D eigenvalue weighted by atomic mass is 9.96. The fourth-order valence-electron chi connectivity index (χ4n) is 3.88. The number of anilines is 1. The zero-order chi connectivity index (χ0) is 17.7. The van der Waals surface area contributed by atoms with E-state index < -0.39 is 0 Å². The van der Waals surface area contributed by atoms with Crippen molar-refractivity contribution < 1.29 is 4.42 Å². The molecule has 0 bridgehead atoms. The summed E-state index contributed by atoms with van der Waals surface area (Å²) in [6.45, 7) is 2.79. The summed E-state index contributed by atoms with van der Waals surface area (Å²) in [6, 6.07) is 16.5. The van der Waals surface area contributed by atoms with Gasteiger partial charge in [-0.2, -0.15) is 0 Å². The van der Waals surface area contributed by atoms with Crippen molar-refractivity contribution in [2.45, 2.75) is 32.4 Å². The van der Waals surface area contributed by atoms with Crippen molar-refractivity contribution in [1.82, 2.24) is 9.97 Å². The van der Waals surface area contributed by atoms with Crippen LogP contribution in [0.2, 0.25) is 0 Å². The molecule has 1 N–H and O–H groups in total. The van der Waals surface area contributed by atoms with Crippen molar-refractivity contribution in [2.75, 3.05) is 4.90 Å². The van der Waals surface area contributed by atoms with Gasteiger partial charge in [-0.25, -0.2) is 4.98 Å². The largest absolute Gasteiger partial charge is 0.449 e. The Morgan fingerprint density at radius 2 is 2.00 bits per heavy atom. The summed E-state index contributed by atoms with van der Waals surface area (Å²) in [5.74, 6) is 0.664.